The molecule has 59 heavy (non-hydrogen) atoms. The van der Waals surface area contributed by atoms with Crippen molar-refractivity contribution in [3.8, 4) is 0 Å². The minimum atomic E-state index is -4.74. The zero-order valence-corrected chi connectivity index (χ0v) is 37.7. The third-order valence-electron chi connectivity index (χ3n) is 10.7. The molecule has 0 saturated heterocycles. The summed E-state index contributed by atoms with van der Waals surface area (Å²) in [4.78, 5) is 46.2. The number of esters is 2. The molecule has 0 saturated carbocycles. The van der Waals surface area contributed by atoms with Gasteiger partial charge in [-0.2, -0.15) is 0 Å². The number of carboxylic acids is 1. The highest BCUT2D eigenvalue weighted by Gasteiger charge is 2.28. The highest BCUT2D eigenvalue weighted by molar-refractivity contribution is 7.47. The second-order valence-corrected chi connectivity index (χ2v) is 17.4. The fourth-order valence-electron chi connectivity index (χ4n) is 6.89. The van der Waals surface area contributed by atoms with E-state index in [0.717, 1.165) is 139 Å². The topological polar surface area (TPSA) is 198 Å². The van der Waals surface area contributed by atoms with Gasteiger partial charge in [-0.15, -0.1) is 0 Å². The van der Waals surface area contributed by atoms with E-state index in [4.69, 9.17) is 33.7 Å². The van der Waals surface area contributed by atoms with Gasteiger partial charge in [-0.3, -0.25) is 23.4 Å². The summed E-state index contributed by atoms with van der Waals surface area (Å²) in [5, 5.41) is 8.92. The Hall–Kier alpha value is -2.96. The van der Waals surface area contributed by atoms with Gasteiger partial charge in [0, 0.05) is 38.5 Å². The van der Waals surface area contributed by atoms with E-state index in [-0.39, 0.29) is 19.4 Å². The number of phosphoric acid groups is 1. The third-order valence-corrected chi connectivity index (χ3v) is 11.6. The van der Waals surface area contributed by atoms with Crippen molar-refractivity contribution in [2.45, 2.75) is 201 Å². The maximum Gasteiger partial charge on any atom is 0.472 e. The predicted octanol–water partition coefficient (Wildman–Crippen LogP) is 10.5. The van der Waals surface area contributed by atoms with E-state index in [1.807, 2.05) is 0 Å². The number of ether oxygens (including phenoxy) is 2. The number of aryl methyl sites for hydroxylation is 5. The molecule has 2 aromatic rings. The van der Waals surface area contributed by atoms with Crippen LogP contribution in [0.2, 0.25) is 0 Å². The molecule has 2 rings (SSSR count). The molecule has 0 fully saturated rings. The Morgan fingerprint density at radius 2 is 1.15 bits per heavy atom. The number of carbonyl (C=O) groups is 3. The van der Waals surface area contributed by atoms with Crippen LogP contribution in [0.15, 0.2) is 14.9 Å². The standard InChI is InChI=1S/C45H76NO12P/c1-6-8-19-25-37-30-34(3)40(56-37)26-20-15-13-14-18-23-29-44(48)57-38(32-54-59(51,52)55-33-39(46)45(49)50)31-53-43(47)28-22-17-12-10-9-11-16-21-27-42-36(5)35(4)41(58-42)24-7-2/h30,38-39H,6-29,31-33,46H2,1-5H3,(H,49,50)(H,51,52). The lowest BCUT2D eigenvalue weighted by Gasteiger charge is -2.20. The molecule has 0 bridgehead atoms. The maximum atomic E-state index is 12.7. The van der Waals surface area contributed by atoms with Crippen LogP contribution in [-0.4, -0.2) is 59.9 Å². The number of furan rings is 2. The van der Waals surface area contributed by atoms with Crippen molar-refractivity contribution in [2.75, 3.05) is 19.8 Å². The molecule has 2 aromatic heterocycles. The van der Waals surface area contributed by atoms with E-state index >= 15 is 0 Å². The van der Waals surface area contributed by atoms with Crippen molar-refractivity contribution < 1.29 is 56.3 Å². The molecule has 14 heteroatoms. The SMILES string of the molecule is CCCCCc1cc(C)c(CCCCCCCCC(=O)OC(COC(=O)CCCCCCCCCCc2oc(CCC)c(C)c2C)COP(=O)(O)OCC(N)C(=O)O)o1. The van der Waals surface area contributed by atoms with Crippen LogP contribution >= 0.6 is 7.82 Å². The number of hydrogen-bond donors (Lipinski definition) is 3. The number of rotatable bonds is 36. The van der Waals surface area contributed by atoms with Gasteiger partial charge in [0.25, 0.3) is 0 Å². The first-order valence-corrected chi connectivity index (χ1v) is 23.9. The summed E-state index contributed by atoms with van der Waals surface area (Å²) < 4.78 is 45.0. The van der Waals surface area contributed by atoms with E-state index < -0.39 is 51.1 Å². The summed E-state index contributed by atoms with van der Waals surface area (Å²) in [5.41, 5.74) is 9.16. The zero-order chi connectivity index (χ0) is 43.5. The lowest BCUT2D eigenvalue weighted by molar-refractivity contribution is -0.161. The maximum absolute atomic E-state index is 12.7. The summed E-state index contributed by atoms with van der Waals surface area (Å²) in [6.07, 6.45) is 21.4. The van der Waals surface area contributed by atoms with Crippen LogP contribution in [0.5, 0.6) is 0 Å². The molecule has 3 unspecified atom stereocenters. The van der Waals surface area contributed by atoms with Gasteiger partial charge in [0.2, 0.25) is 0 Å². The van der Waals surface area contributed by atoms with Gasteiger partial charge in [0.1, 0.15) is 35.7 Å². The van der Waals surface area contributed by atoms with Crippen LogP contribution in [0.1, 0.15) is 182 Å². The molecular weight excluding hydrogens is 777 g/mol. The smallest absolute Gasteiger partial charge is 0.472 e. The predicted molar refractivity (Wildman–Crippen MR) is 228 cm³/mol. The van der Waals surface area contributed by atoms with E-state index in [0.29, 0.717) is 12.8 Å². The molecular formula is C45H76NO12P. The van der Waals surface area contributed by atoms with E-state index in [2.05, 4.69) is 45.2 Å². The monoisotopic (exact) mass is 854 g/mol. The van der Waals surface area contributed by atoms with Crippen molar-refractivity contribution in [2.24, 2.45) is 5.73 Å². The van der Waals surface area contributed by atoms with E-state index in [9.17, 15) is 23.8 Å². The molecule has 13 nitrogen and oxygen atoms in total. The molecule has 0 radical (unpaired) electrons. The Balaban J connectivity index is 1.66. The molecule has 338 valence electrons. The molecule has 0 spiro atoms. The number of hydrogen-bond acceptors (Lipinski definition) is 11. The quantitative estimate of drug-likeness (QED) is 0.0333. The molecule has 0 aliphatic rings. The number of aliphatic carboxylic acids is 1. The lowest BCUT2D eigenvalue weighted by Crippen LogP contribution is -2.34. The van der Waals surface area contributed by atoms with Gasteiger partial charge in [-0.1, -0.05) is 90.9 Å². The van der Waals surface area contributed by atoms with Crippen molar-refractivity contribution in [1.29, 1.82) is 0 Å². The highest BCUT2D eigenvalue weighted by atomic mass is 31.2. The van der Waals surface area contributed by atoms with Crippen molar-refractivity contribution >= 4 is 25.7 Å². The molecule has 4 N–H and O–H groups in total. The number of carbonyl (C=O) groups excluding carboxylic acids is 2. The van der Waals surface area contributed by atoms with Gasteiger partial charge in [-0.25, -0.2) is 4.57 Å². The van der Waals surface area contributed by atoms with Gasteiger partial charge < -0.3 is 34.0 Å². The molecule has 2 heterocycles. The highest BCUT2D eigenvalue weighted by Crippen LogP contribution is 2.43. The van der Waals surface area contributed by atoms with Crippen LogP contribution in [0.3, 0.4) is 0 Å². The fraction of sp³-hybridized carbons (Fsp3) is 0.756. The number of phosphoric ester groups is 1. The average molecular weight is 854 g/mol. The Kier molecular flexibility index (Phi) is 26.6. The Bertz CT molecular complexity index is 1530. The zero-order valence-electron chi connectivity index (χ0n) is 36.8. The second-order valence-electron chi connectivity index (χ2n) is 16.0. The molecule has 0 aromatic carbocycles. The second kappa shape index (κ2) is 30.1. The summed E-state index contributed by atoms with van der Waals surface area (Å²) >= 11 is 0. The summed E-state index contributed by atoms with van der Waals surface area (Å²) in [6, 6.07) is 0.631. The normalized spacial score (nSPS) is 13.6. The Morgan fingerprint density at radius 1 is 0.644 bits per heavy atom. The molecule has 3 atom stereocenters. The van der Waals surface area contributed by atoms with Crippen LogP contribution in [0.4, 0.5) is 0 Å². The number of carboxylic acid groups (broad SMARTS) is 1. The first kappa shape index (κ1) is 52.2. The van der Waals surface area contributed by atoms with Gasteiger partial charge in [-0.05, 0) is 82.1 Å². The lowest BCUT2D eigenvalue weighted by atomic mass is 10.0. The summed E-state index contributed by atoms with van der Waals surface area (Å²) in [6.45, 7) is 9.03. The van der Waals surface area contributed by atoms with Crippen LogP contribution in [0.25, 0.3) is 0 Å². The van der Waals surface area contributed by atoms with Gasteiger partial charge in [0.05, 0.1) is 13.2 Å². The average Bonchev–Trinajstić information content (AvgIpc) is 3.69. The third kappa shape index (κ3) is 23.0. The summed E-state index contributed by atoms with van der Waals surface area (Å²) in [7, 11) is -4.74. The van der Waals surface area contributed by atoms with Gasteiger partial charge in [0.15, 0.2) is 6.10 Å². The van der Waals surface area contributed by atoms with Crippen molar-refractivity contribution in [1.82, 2.24) is 0 Å². The van der Waals surface area contributed by atoms with Crippen LogP contribution in [0, 0.1) is 20.8 Å². The number of unbranched alkanes of at least 4 members (excludes halogenated alkanes) is 14. The largest absolute Gasteiger partial charge is 0.480 e. The summed E-state index contributed by atoms with van der Waals surface area (Å²) in [5.74, 6) is 1.98. The first-order valence-electron chi connectivity index (χ1n) is 22.4. The minimum absolute atomic E-state index is 0.126. The number of nitrogens with two attached hydrogens (primary N) is 1. The fourth-order valence-corrected chi connectivity index (χ4v) is 7.67. The first-order chi connectivity index (χ1) is 28.3. The van der Waals surface area contributed by atoms with Gasteiger partial charge >= 0.3 is 25.7 Å². The Morgan fingerprint density at radius 3 is 1.73 bits per heavy atom. The minimum Gasteiger partial charge on any atom is -0.480 e. The molecule has 0 amide bonds. The van der Waals surface area contributed by atoms with E-state index in [1.54, 1.807) is 0 Å². The van der Waals surface area contributed by atoms with E-state index in [1.165, 1.54) is 29.5 Å². The molecule has 0 aliphatic heterocycles. The van der Waals surface area contributed by atoms with Crippen molar-refractivity contribution in [3.05, 3.63) is 45.8 Å². The van der Waals surface area contributed by atoms with Crippen LogP contribution < -0.4 is 5.73 Å². The molecule has 0 aliphatic carbocycles. The van der Waals surface area contributed by atoms with Crippen molar-refractivity contribution in [3.63, 3.8) is 0 Å². The Labute approximate surface area is 353 Å². The van der Waals surface area contributed by atoms with Crippen LogP contribution in [-0.2, 0) is 63.2 Å².